The van der Waals surface area contributed by atoms with Crippen molar-refractivity contribution in [3.05, 3.63) is 82.7 Å². The van der Waals surface area contributed by atoms with Crippen molar-refractivity contribution in [1.29, 1.82) is 0 Å². The molecule has 4 rings (SSSR count). The zero-order valence-electron chi connectivity index (χ0n) is 14.5. The first-order valence-corrected chi connectivity index (χ1v) is 8.33. The van der Waals surface area contributed by atoms with Crippen LogP contribution in [0.2, 0.25) is 0 Å². The molecule has 130 valence electrons. The number of fused-ring (bicyclic) bond motifs is 1. The lowest BCUT2D eigenvalue weighted by atomic mass is 9.92. The third kappa shape index (κ3) is 2.75. The second-order valence-electron chi connectivity index (χ2n) is 6.12. The molecule has 0 aliphatic rings. The van der Waals surface area contributed by atoms with E-state index in [0.717, 1.165) is 16.9 Å². The minimum absolute atomic E-state index is 0.240. The summed E-state index contributed by atoms with van der Waals surface area (Å²) < 4.78 is 6.58. The zero-order valence-corrected chi connectivity index (χ0v) is 14.5. The molecule has 2 aromatic carbocycles. The van der Waals surface area contributed by atoms with Gasteiger partial charge in [0.05, 0.1) is 19.6 Å². The molecule has 26 heavy (non-hydrogen) atoms. The summed E-state index contributed by atoms with van der Waals surface area (Å²) in [6.07, 6.45) is 3.06. The predicted octanol–water partition coefficient (Wildman–Crippen LogP) is 3.25. The number of hydrogen-bond acceptors (Lipinski definition) is 4. The van der Waals surface area contributed by atoms with E-state index in [-0.39, 0.29) is 11.6 Å². The Bertz CT molecular complexity index is 1110. The molecule has 0 spiro atoms. The Morgan fingerprint density at radius 2 is 1.92 bits per heavy atom. The van der Waals surface area contributed by atoms with Crippen molar-refractivity contribution >= 4 is 5.65 Å². The van der Waals surface area contributed by atoms with Crippen molar-refractivity contribution in [2.75, 3.05) is 7.11 Å². The number of rotatable bonds is 4. The van der Waals surface area contributed by atoms with Gasteiger partial charge < -0.3 is 4.74 Å². The summed E-state index contributed by atoms with van der Waals surface area (Å²) in [5, 5.41) is 4.12. The molecule has 0 aliphatic carbocycles. The smallest absolute Gasteiger partial charge is 0.349 e. The van der Waals surface area contributed by atoms with Crippen molar-refractivity contribution in [2.24, 2.45) is 0 Å². The molecule has 6 nitrogen and oxygen atoms in total. The molecule has 6 heteroatoms. The molecular weight excluding hydrogens is 328 g/mol. The Morgan fingerprint density at radius 1 is 1.12 bits per heavy atom. The molecule has 0 aliphatic heterocycles. The van der Waals surface area contributed by atoms with E-state index in [9.17, 15) is 4.79 Å². The van der Waals surface area contributed by atoms with Crippen LogP contribution in [-0.2, 0) is 0 Å². The SMILES string of the molecule is COc1cccc(C(C)c2ccc(-c3cnn4c(=O)[nH]cnc34)cc2)c1. The van der Waals surface area contributed by atoms with Gasteiger partial charge in [0.1, 0.15) is 5.75 Å². The van der Waals surface area contributed by atoms with Crippen molar-refractivity contribution in [3.8, 4) is 16.9 Å². The molecule has 4 aromatic rings. The molecular formula is C20H18N4O2. The number of aromatic amines is 1. The summed E-state index contributed by atoms with van der Waals surface area (Å²) in [5.41, 5.74) is 4.44. The second-order valence-corrected chi connectivity index (χ2v) is 6.12. The highest BCUT2D eigenvalue weighted by Gasteiger charge is 2.12. The molecule has 2 aromatic heterocycles. The third-order valence-corrected chi connectivity index (χ3v) is 4.63. The van der Waals surface area contributed by atoms with Gasteiger partial charge in [-0.1, -0.05) is 43.3 Å². The zero-order chi connectivity index (χ0) is 18.1. The topological polar surface area (TPSA) is 72.3 Å². The van der Waals surface area contributed by atoms with E-state index in [1.54, 1.807) is 13.3 Å². The molecule has 0 fully saturated rings. The Labute approximate surface area is 150 Å². The average Bonchev–Trinajstić information content (AvgIpc) is 3.13. The fourth-order valence-corrected chi connectivity index (χ4v) is 3.08. The van der Waals surface area contributed by atoms with E-state index in [1.807, 2.05) is 24.3 Å². The lowest BCUT2D eigenvalue weighted by Gasteiger charge is -2.14. The average molecular weight is 346 g/mol. The fourth-order valence-electron chi connectivity index (χ4n) is 3.08. The van der Waals surface area contributed by atoms with E-state index < -0.39 is 0 Å². The van der Waals surface area contributed by atoms with Crippen LogP contribution in [0.15, 0.2) is 65.8 Å². The van der Waals surface area contributed by atoms with Gasteiger partial charge in [-0.15, -0.1) is 0 Å². The lowest BCUT2D eigenvalue weighted by molar-refractivity contribution is 0.414. The Morgan fingerprint density at radius 3 is 2.69 bits per heavy atom. The van der Waals surface area contributed by atoms with Crippen molar-refractivity contribution in [2.45, 2.75) is 12.8 Å². The Kier molecular flexibility index (Phi) is 4.01. The van der Waals surface area contributed by atoms with E-state index in [4.69, 9.17) is 4.74 Å². The summed E-state index contributed by atoms with van der Waals surface area (Å²) >= 11 is 0. The quantitative estimate of drug-likeness (QED) is 0.616. The summed E-state index contributed by atoms with van der Waals surface area (Å²) in [5.74, 6) is 1.10. The van der Waals surface area contributed by atoms with Gasteiger partial charge in [0.2, 0.25) is 0 Å². The normalized spacial score (nSPS) is 12.2. The van der Waals surface area contributed by atoms with Gasteiger partial charge in [-0.05, 0) is 28.8 Å². The van der Waals surface area contributed by atoms with Crippen LogP contribution >= 0.6 is 0 Å². The van der Waals surface area contributed by atoms with Crippen LogP contribution in [-0.4, -0.2) is 26.7 Å². The monoisotopic (exact) mass is 346 g/mol. The van der Waals surface area contributed by atoms with Gasteiger partial charge >= 0.3 is 5.69 Å². The highest BCUT2D eigenvalue weighted by atomic mass is 16.5. The molecule has 1 unspecified atom stereocenters. The maximum Gasteiger partial charge on any atom is 0.349 e. The van der Waals surface area contributed by atoms with Crippen molar-refractivity contribution in [1.82, 2.24) is 19.6 Å². The predicted molar refractivity (Wildman–Crippen MR) is 99.6 cm³/mol. The van der Waals surface area contributed by atoms with Gasteiger partial charge in [0, 0.05) is 11.5 Å². The maximum absolute atomic E-state index is 11.8. The first-order chi connectivity index (χ1) is 12.7. The summed E-state index contributed by atoms with van der Waals surface area (Å²) in [6.45, 7) is 2.17. The van der Waals surface area contributed by atoms with Gasteiger partial charge in [0.25, 0.3) is 0 Å². The number of hydrogen-bond donors (Lipinski definition) is 1. The molecule has 1 atom stereocenters. The summed E-state index contributed by atoms with van der Waals surface area (Å²) in [6, 6.07) is 16.4. The summed E-state index contributed by atoms with van der Waals surface area (Å²) in [7, 11) is 1.67. The first-order valence-electron chi connectivity index (χ1n) is 8.33. The van der Waals surface area contributed by atoms with Crippen LogP contribution < -0.4 is 10.4 Å². The Balaban J connectivity index is 1.68. The van der Waals surface area contributed by atoms with Gasteiger partial charge in [0.15, 0.2) is 5.65 Å². The van der Waals surface area contributed by atoms with Gasteiger partial charge in [-0.2, -0.15) is 9.61 Å². The van der Waals surface area contributed by atoms with E-state index in [2.05, 4.69) is 46.3 Å². The summed E-state index contributed by atoms with van der Waals surface area (Å²) in [4.78, 5) is 18.5. The number of nitrogens with one attached hydrogen (secondary N) is 1. The molecule has 0 saturated carbocycles. The minimum atomic E-state index is -0.301. The minimum Gasteiger partial charge on any atom is -0.497 e. The second kappa shape index (κ2) is 6.48. The third-order valence-electron chi connectivity index (χ3n) is 4.63. The van der Waals surface area contributed by atoms with Gasteiger partial charge in [-0.3, -0.25) is 4.98 Å². The molecule has 0 bridgehead atoms. The number of benzene rings is 2. The molecule has 0 amide bonds. The molecule has 0 radical (unpaired) electrons. The number of aromatic nitrogens is 4. The van der Waals surface area contributed by atoms with Crippen LogP contribution in [0.5, 0.6) is 5.75 Å². The van der Waals surface area contributed by atoms with E-state index in [0.29, 0.717) is 5.65 Å². The standard InChI is InChI=1S/C20H18N4O2/c1-13(16-4-3-5-17(10-16)26-2)14-6-8-15(9-7-14)18-11-23-24-19(18)21-12-22-20(24)25/h3-13H,1-2H3,(H,21,22,25). The molecule has 0 saturated heterocycles. The number of methoxy groups -OCH3 is 1. The van der Waals surface area contributed by atoms with Crippen molar-refractivity contribution < 1.29 is 4.74 Å². The number of H-pyrrole nitrogens is 1. The fraction of sp³-hybridized carbons (Fsp3) is 0.150. The largest absolute Gasteiger partial charge is 0.497 e. The van der Waals surface area contributed by atoms with E-state index >= 15 is 0 Å². The molecule has 2 heterocycles. The van der Waals surface area contributed by atoms with E-state index in [1.165, 1.54) is 22.0 Å². The first kappa shape index (κ1) is 16.1. The van der Waals surface area contributed by atoms with Crippen molar-refractivity contribution in [3.63, 3.8) is 0 Å². The van der Waals surface area contributed by atoms with Crippen LogP contribution in [0.3, 0.4) is 0 Å². The molecule has 1 N–H and O–H groups in total. The van der Waals surface area contributed by atoms with Crippen LogP contribution in [0.4, 0.5) is 0 Å². The van der Waals surface area contributed by atoms with Crippen LogP contribution in [0.25, 0.3) is 16.8 Å². The van der Waals surface area contributed by atoms with Crippen LogP contribution in [0.1, 0.15) is 24.0 Å². The number of ether oxygens (including phenoxy) is 1. The van der Waals surface area contributed by atoms with Crippen LogP contribution in [0, 0.1) is 0 Å². The van der Waals surface area contributed by atoms with Gasteiger partial charge in [-0.25, -0.2) is 9.78 Å². The number of nitrogens with zero attached hydrogens (tertiary/aromatic N) is 3. The highest BCUT2D eigenvalue weighted by molar-refractivity contribution is 5.76. The maximum atomic E-state index is 11.8. The highest BCUT2D eigenvalue weighted by Crippen LogP contribution is 2.29. The Hall–Kier alpha value is -3.41. The lowest BCUT2D eigenvalue weighted by Crippen LogP contribution is -2.17.